The molecule has 0 aromatic carbocycles. The van der Waals surface area contributed by atoms with Crippen molar-refractivity contribution in [3.63, 3.8) is 0 Å². The van der Waals surface area contributed by atoms with Crippen LogP contribution in [0.1, 0.15) is 72.1 Å². The largest absolute Gasteiger partial charge is 0.394 e. The van der Waals surface area contributed by atoms with Crippen LogP contribution >= 0.6 is 0 Å². The van der Waals surface area contributed by atoms with Crippen LogP contribution in [0, 0.1) is 33.5 Å². The molecule has 23 heavy (non-hydrogen) atoms. The highest BCUT2D eigenvalue weighted by Crippen LogP contribution is 2.81. The maximum absolute atomic E-state index is 11.1. The van der Waals surface area contributed by atoms with Gasteiger partial charge in [-0.3, -0.25) is 0 Å². The molecule has 0 radical (unpaired) electrons. The summed E-state index contributed by atoms with van der Waals surface area (Å²) in [5, 5.41) is 30.8. The summed E-state index contributed by atoms with van der Waals surface area (Å²) in [6, 6.07) is 0. The molecule has 0 amide bonds. The number of aliphatic hydroxyl groups excluding tert-OH is 3. The average Bonchev–Trinajstić information content (AvgIpc) is 3.12. The fourth-order valence-electron chi connectivity index (χ4n) is 7.55. The van der Waals surface area contributed by atoms with Crippen LogP contribution in [0.25, 0.3) is 0 Å². The second-order valence-corrected chi connectivity index (χ2v) is 10.3. The summed E-state index contributed by atoms with van der Waals surface area (Å²) in [7, 11) is 0. The lowest BCUT2D eigenvalue weighted by molar-refractivity contribution is -0.176. The summed E-state index contributed by atoms with van der Waals surface area (Å²) in [4.78, 5) is 0. The van der Waals surface area contributed by atoms with Crippen molar-refractivity contribution in [3.05, 3.63) is 0 Å². The van der Waals surface area contributed by atoms with Gasteiger partial charge in [0.15, 0.2) is 0 Å². The van der Waals surface area contributed by atoms with Crippen LogP contribution < -0.4 is 0 Å². The van der Waals surface area contributed by atoms with Crippen molar-refractivity contribution in [3.8, 4) is 0 Å². The zero-order valence-electron chi connectivity index (χ0n) is 15.0. The van der Waals surface area contributed by atoms with E-state index in [1.54, 1.807) is 0 Å². The minimum absolute atomic E-state index is 0.165. The quantitative estimate of drug-likeness (QED) is 0.732. The van der Waals surface area contributed by atoms with Crippen LogP contribution in [0.3, 0.4) is 0 Å². The molecule has 1 spiro atoms. The molecule has 8 atom stereocenters. The molecule has 3 heteroatoms. The lowest BCUT2D eigenvalue weighted by atomic mass is 9.44. The lowest BCUT2D eigenvalue weighted by Gasteiger charge is -2.62. The van der Waals surface area contributed by atoms with Crippen LogP contribution in [0.4, 0.5) is 0 Å². The summed E-state index contributed by atoms with van der Waals surface area (Å²) in [6.07, 6.45) is 8.33. The Morgan fingerprint density at radius 1 is 1.09 bits per heavy atom. The summed E-state index contributed by atoms with van der Waals surface area (Å²) < 4.78 is 0. The number of rotatable bonds is 2. The first-order valence-electron chi connectivity index (χ1n) is 9.68. The van der Waals surface area contributed by atoms with Gasteiger partial charge in [-0.25, -0.2) is 0 Å². The van der Waals surface area contributed by atoms with E-state index in [0.29, 0.717) is 10.8 Å². The van der Waals surface area contributed by atoms with E-state index in [-0.39, 0.29) is 29.5 Å². The summed E-state index contributed by atoms with van der Waals surface area (Å²) in [6.45, 7) is 6.83. The third-order valence-electron chi connectivity index (χ3n) is 9.25. The Morgan fingerprint density at radius 3 is 2.52 bits per heavy atom. The zero-order chi connectivity index (χ0) is 16.7. The molecule has 0 heterocycles. The van der Waals surface area contributed by atoms with Crippen molar-refractivity contribution < 1.29 is 15.3 Å². The Hall–Kier alpha value is -0.120. The zero-order valence-corrected chi connectivity index (χ0v) is 15.0. The van der Waals surface area contributed by atoms with E-state index < -0.39 is 6.10 Å². The maximum atomic E-state index is 11.1. The summed E-state index contributed by atoms with van der Waals surface area (Å²) in [5.74, 6) is 1.03. The molecular formula is C20H34O3. The Morgan fingerprint density at radius 2 is 1.83 bits per heavy atom. The number of hydrogen-bond donors (Lipinski definition) is 3. The number of aliphatic hydroxyl groups is 3. The Kier molecular flexibility index (Phi) is 3.37. The van der Waals surface area contributed by atoms with Gasteiger partial charge in [0.1, 0.15) is 0 Å². The maximum Gasteiger partial charge on any atom is 0.0824 e. The number of fused-ring (bicyclic) bond motifs is 2. The fraction of sp³-hybridized carbons (Fsp3) is 1.00. The molecular weight excluding hydrogens is 288 g/mol. The molecule has 0 aromatic rings. The Bertz CT molecular complexity index is 507. The molecule has 132 valence electrons. The minimum atomic E-state index is -0.660. The summed E-state index contributed by atoms with van der Waals surface area (Å²) >= 11 is 0. The van der Waals surface area contributed by atoms with Crippen LogP contribution in [-0.4, -0.2) is 34.1 Å². The topological polar surface area (TPSA) is 60.7 Å². The van der Waals surface area contributed by atoms with E-state index in [1.165, 1.54) is 25.7 Å². The van der Waals surface area contributed by atoms with Gasteiger partial charge in [0.25, 0.3) is 0 Å². The first kappa shape index (κ1) is 16.4. The monoisotopic (exact) mass is 322 g/mol. The highest BCUT2D eigenvalue weighted by atomic mass is 16.3. The molecule has 0 aromatic heterocycles. The van der Waals surface area contributed by atoms with Gasteiger partial charge in [0, 0.05) is 0 Å². The van der Waals surface area contributed by atoms with Gasteiger partial charge in [0.05, 0.1) is 18.8 Å². The van der Waals surface area contributed by atoms with Crippen molar-refractivity contribution in [1.29, 1.82) is 0 Å². The smallest absolute Gasteiger partial charge is 0.0824 e. The molecule has 4 saturated carbocycles. The van der Waals surface area contributed by atoms with Gasteiger partial charge in [-0.1, -0.05) is 27.2 Å². The van der Waals surface area contributed by atoms with E-state index in [2.05, 4.69) is 20.8 Å². The average molecular weight is 322 g/mol. The van der Waals surface area contributed by atoms with Gasteiger partial charge in [-0.15, -0.1) is 0 Å². The predicted octanol–water partition coefficient (Wildman–Crippen LogP) is 3.11. The van der Waals surface area contributed by atoms with Crippen LogP contribution in [0.15, 0.2) is 0 Å². The standard InChI is InChI=1S/C20H34O3/c1-17(16(23)11-21)7-8-19(3)13(9-17)14(22)10-20-12-18(20,2)6-4-5-15(19)20/h13-16,21-23H,4-12H2,1-3H3/t13-,14-,15-,16+,17+,18+,19+,20+/m1/s1. The summed E-state index contributed by atoms with van der Waals surface area (Å²) in [5.41, 5.74) is 0.853. The molecule has 0 bridgehead atoms. The van der Waals surface area contributed by atoms with E-state index in [4.69, 9.17) is 0 Å². The highest BCUT2D eigenvalue weighted by Gasteiger charge is 2.75. The van der Waals surface area contributed by atoms with Gasteiger partial charge >= 0.3 is 0 Å². The van der Waals surface area contributed by atoms with Crippen LogP contribution in [0.5, 0.6) is 0 Å². The molecule has 4 aliphatic rings. The first-order valence-corrected chi connectivity index (χ1v) is 9.68. The van der Waals surface area contributed by atoms with E-state index in [0.717, 1.165) is 31.6 Å². The second kappa shape index (κ2) is 4.74. The third kappa shape index (κ3) is 1.93. The van der Waals surface area contributed by atoms with E-state index in [1.807, 2.05) is 0 Å². The first-order chi connectivity index (χ1) is 10.7. The van der Waals surface area contributed by atoms with Crippen LogP contribution in [-0.2, 0) is 0 Å². The Balaban J connectivity index is 1.66. The molecule has 3 nitrogen and oxygen atoms in total. The molecule has 4 rings (SSSR count). The fourth-order valence-corrected chi connectivity index (χ4v) is 7.55. The van der Waals surface area contributed by atoms with Gasteiger partial charge < -0.3 is 15.3 Å². The van der Waals surface area contributed by atoms with Crippen molar-refractivity contribution >= 4 is 0 Å². The van der Waals surface area contributed by atoms with E-state index in [9.17, 15) is 15.3 Å². The third-order valence-corrected chi connectivity index (χ3v) is 9.25. The van der Waals surface area contributed by atoms with Crippen molar-refractivity contribution in [1.82, 2.24) is 0 Å². The van der Waals surface area contributed by atoms with Gasteiger partial charge in [-0.2, -0.15) is 0 Å². The van der Waals surface area contributed by atoms with Crippen molar-refractivity contribution in [2.75, 3.05) is 6.61 Å². The lowest BCUT2D eigenvalue weighted by Crippen LogP contribution is -2.58. The molecule has 0 unspecified atom stereocenters. The molecule has 4 aliphatic carbocycles. The normalized spacial score (nSPS) is 59.5. The molecule has 0 saturated heterocycles. The van der Waals surface area contributed by atoms with Crippen LogP contribution in [0.2, 0.25) is 0 Å². The SMILES string of the molecule is C[C@]1([C@@H](O)CO)CC[C@@]2(C)[C@H](C1)[C@H](O)C[C@@]13C[C@]1(C)CCC[C@H]23. The Labute approximate surface area is 140 Å². The number of hydrogen-bond acceptors (Lipinski definition) is 3. The second-order valence-electron chi connectivity index (χ2n) is 10.3. The predicted molar refractivity (Wildman–Crippen MR) is 89.8 cm³/mol. The highest BCUT2D eigenvalue weighted by molar-refractivity contribution is 5.24. The molecule has 0 aliphatic heterocycles. The molecule has 4 fully saturated rings. The van der Waals surface area contributed by atoms with Crippen molar-refractivity contribution in [2.24, 2.45) is 33.5 Å². The van der Waals surface area contributed by atoms with Crippen molar-refractivity contribution in [2.45, 2.75) is 84.3 Å². The van der Waals surface area contributed by atoms with Gasteiger partial charge in [0.2, 0.25) is 0 Å². The minimum Gasteiger partial charge on any atom is -0.394 e. The molecule has 3 N–H and O–H groups in total. The van der Waals surface area contributed by atoms with E-state index >= 15 is 0 Å². The van der Waals surface area contributed by atoms with Gasteiger partial charge in [-0.05, 0) is 78.4 Å².